The highest BCUT2D eigenvalue weighted by molar-refractivity contribution is 7.80. The van der Waals surface area contributed by atoms with Crippen LogP contribution >= 0.6 is 12.6 Å². The van der Waals surface area contributed by atoms with Crippen LogP contribution in [0.25, 0.3) is 0 Å². The van der Waals surface area contributed by atoms with Crippen LogP contribution in [0.4, 0.5) is 0 Å². The number of nitrogens with one attached hydrogen (secondary N) is 2. The van der Waals surface area contributed by atoms with Gasteiger partial charge in [0.1, 0.15) is 18.6 Å². The molecule has 0 saturated heterocycles. The van der Waals surface area contributed by atoms with E-state index in [2.05, 4.69) is 23.3 Å². The Hall–Kier alpha value is -2.47. The summed E-state index contributed by atoms with van der Waals surface area (Å²) in [5.74, 6) is -4.13. The van der Waals surface area contributed by atoms with Gasteiger partial charge in [0, 0.05) is 19.1 Å². The predicted octanol–water partition coefficient (Wildman–Crippen LogP) is -2.43. The van der Waals surface area contributed by atoms with Crippen molar-refractivity contribution in [3.63, 3.8) is 0 Å². The summed E-state index contributed by atoms with van der Waals surface area (Å²) in [5.41, 5.74) is 5.23. The number of carboxylic acid groups (broad SMARTS) is 2. The van der Waals surface area contributed by atoms with Gasteiger partial charge in [-0.2, -0.15) is 12.6 Å². The second-order valence-electron chi connectivity index (χ2n) is 4.63. The molecule has 0 saturated carbocycles. The second-order valence-corrected chi connectivity index (χ2v) is 4.99. The SMILES string of the molecule is CC(=O)C=O.N[C@@H](CCC(=O)N[C@@H](CS)C(=O)NCC(=O)O)C(=O)O. The Labute approximate surface area is 148 Å². The van der Waals surface area contributed by atoms with E-state index in [0.29, 0.717) is 0 Å². The van der Waals surface area contributed by atoms with Crippen LogP contribution < -0.4 is 16.4 Å². The number of aldehydes is 1. The zero-order chi connectivity index (χ0) is 20.0. The Kier molecular flexibility index (Phi) is 13.8. The summed E-state index contributed by atoms with van der Waals surface area (Å²) in [6, 6.07) is -2.15. The molecule has 0 spiro atoms. The third-order valence-corrected chi connectivity index (χ3v) is 2.78. The van der Waals surface area contributed by atoms with Crippen LogP contribution in [0, 0.1) is 0 Å². The number of carboxylic acids is 2. The van der Waals surface area contributed by atoms with Crippen LogP contribution in [0.15, 0.2) is 0 Å². The van der Waals surface area contributed by atoms with Gasteiger partial charge in [-0.05, 0) is 6.42 Å². The highest BCUT2D eigenvalue weighted by Crippen LogP contribution is 1.97. The zero-order valence-electron chi connectivity index (χ0n) is 13.4. The molecule has 12 heteroatoms. The molecule has 0 unspecified atom stereocenters. The van der Waals surface area contributed by atoms with Crippen molar-refractivity contribution in [3.8, 4) is 0 Å². The summed E-state index contributed by atoms with van der Waals surface area (Å²) in [6.45, 7) is 0.649. The first-order valence-electron chi connectivity index (χ1n) is 6.88. The summed E-state index contributed by atoms with van der Waals surface area (Å²) in [4.78, 5) is 62.3. The monoisotopic (exact) mass is 379 g/mol. The fraction of sp³-hybridized carbons (Fsp3) is 0.538. The van der Waals surface area contributed by atoms with Gasteiger partial charge in [-0.1, -0.05) is 0 Å². The first-order valence-corrected chi connectivity index (χ1v) is 7.52. The van der Waals surface area contributed by atoms with E-state index in [1.54, 1.807) is 0 Å². The van der Waals surface area contributed by atoms with Gasteiger partial charge >= 0.3 is 11.9 Å². The third kappa shape index (κ3) is 14.8. The fourth-order valence-electron chi connectivity index (χ4n) is 1.16. The number of thiol groups is 1. The van der Waals surface area contributed by atoms with Gasteiger partial charge in [-0.3, -0.25) is 28.8 Å². The molecule has 0 aromatic heterocycles. The average molecular weight is 379 g/mol. The molecule has 0 rings (SSSR count). The smallest absolute Gasteiger partial charge is 0.322 e. The fourth-order valence-corrected chi connectivity index (χ4v) is 1.41. The van der Waals surface area contributed by atoms with Gasteiger partial charge in [-0.25, -0.2) is 0 Å². The van der Waals surface area contributed by atoms with Crippen LogP contribution in [0.2, 0.25) is 0 Å². The van der Waals surface area contributed by atoms with Crippen molar-refractivity contribution in [1.82, 2.24) is 10.6 Å². The summed E-state index contributed by atoms with van der Waals surface area (Å²) < 4.78 is 0. The van der Waals surface area contributed by atoms with E-state index >= 15 is 0 Å². The van der Waals surface area contributed by atoms with Gasteiger partial charge in [0.2, 0.25) is 11.8 Å². The number of nitrogens with two attached hydrogens (primary N) is 1. The third-order valence-electron chi connectivity index (χ3n) is 2.41. The molecule has 2 atom stereocenters. The van der Waals surface area contributed by atoms with E-state index in [4.69, 9.17) is 20.7 Å². The Bertz CT molecular complexity index is 512. The lowest BCUT2D eigenvalue weighted by Crippen LogP contribution is -2.49. The molecule has 25 heavy (non-hydrogen) atoms. The molecular formula is C13H21N3O8S. The molecule has 0 aliphatic rings. The molecule has 0 aromatic carbocycles. The second kappa shape index (κ2) is 13.9. The summed E-state index contributed by atoms with van der Waals surface area (Å²) in [5, 5.41) is 21.4. The maximum Gasteiger partial charge on any atom is 0.322 e. The van der Waals surface area contributed by atoms with Crippen LogP contribution in [0.3, 0.4) is 0 Å². The summed E-state index contributed by atoms with van der Waals surface area (Å²) in [6.07, 6.45) is 0.0428. The van der Waals surface area contributed by atoms with Crippen molar-refractivity contribution < 1.29 is 39.0 Å². The van der Waals surface area contributed by atoms with E-state index in [-0.39, 0.29) is 24.9 Å². The van der Waals surface area contributed by atoms with Crippen LogP contribution in [-0.2, 0) is 28.8 Å². The van der Waals surface area contributed by atoms with Crippen molar-refractivity contribution in [3.05, 3.63) is 0 Å². The zero-order valence-corrected chi connectivity index (χ0v) is 14.3. The average Bonchev–Trinajstić information content (AvgIpc) is 2.55. The first kappa shape index (κ1) is 24.8. The van der Waals surface area contributed by atoms with Crippen molar-refractivity contribution in [2.24, 2.45) is 5.73 Å². The molecular weight excluding hydrogens is 358 g/mol. The van der Waals surface area contributed by atoms with E-state index in [1.807, 2.05) is 0 Å². The lowest BCUT2D eigenvalue weighted by molar-refractivity contribution is -0.139. The Morgan fingerprint density at radius 3 is 2.08 bits per heavy atom. The molecule has 11 nitrogen and oxygen atoms in total. The van der Waals surface area contributed by atoms with Crippen molar-refractivity contribution in [2.75, 3.05) is 12.3 Å². The molecule has 2 amide bonds. The normalized spacial score (nSPS) is 11.8. The van der Waals surface area contributed by atoms with Crippen molar-refractivity contribution in [2.45, 2.75) is 31.8 Å². The quantitative estimate of drug-likeness (QED) is 0.136. The van der Waals surface area contributed by atoms with Gasteiger partial charge < -0.3 is 26.6 Å². The predicted molar refractivity (Wildman–Crippen MR) is 88.0 cm³/mol. The van der Waals surface area contributed by atoms with E-state index in [9.17, 15) is 24.0 Å². The van der Waals surface area contributed by atoms with E-state index in [1.165, 1.54) is 6.92 Å². The molecule has 0 aliphatic carbocycles. The molecule has 0 aromatic rings. The van der Waals surface area contributed by atoms with Crippen molar-refractivity contribution >= 4 is 48.5 Å². The number of carbonyl (C=O) groups is 6. The van der Waals surface area contributed by atoms with E-state index < -0.39 is 48.2 Å². The van der Waals surface area contributed by atoms with Gasteiger partial charge in [0.05, 0.1) is 0 Å². The van der Waals surface area contributed by atoms with Gasteiger partial charge in [0.15, 0.2) is 12.1 Å². The lowest BCUT2D eigenvalue weighted by atomic mass is 10.1. The van der Waals surface area contributed by atoms with Crippen LogP contribution in [0.5, 0.6) is 0 Å². The number of aliphatic carboxylic acids is 2. The molecule has 0 radical (unpaired) electrons. The number of carbonyl (C=O) groups excluding carboxylic acids is 4. The Morgan fingerprint density at radius 1 is 1.20 bits per heavy atom. The van der Waals surface area contributed by atoms with Gasteiger partial charge in [0.25, 0.3) is 0 Å². The number of amides is 2. The molecule has 0 bridgehead atoms. The first-order chi connectivity index (χ1) is 11.5. The standard InChI is InChI=1S/C10H17N3O6S.C3H4O2/c11-5(10(18)19)1-2-7(14)13-6(4-20)9(17)12-3-8(15)16;1-3(5)2-4/h5-6,20H,1-4,11H2,(H,12,17)(H,13,14)(H,15,16)(H,18,19);2H,1H3/t5-,6-;/m0./s1. The molecule has 0 fully saturated rings. The molecule has 0 aliphatic heterocycles. The van der Waals surface area contributed by atoms with Crippen LogP contribution in [-0.4, -0.2) is 70.4 Å². The molecule has 0 heterocycles. The maximum absolute atomic E-state index is 11.5. The minimum atomic E-state index is -1.22. The minimum Gasteiger partial charge on any atom is -0.480 e. The number of Topliss-reactive ketones (excluding diaryl/α,β-unsaturated/α-hetero) is 1. The van der Waals surface area contributed by atoms with E-state index in [0.717, 1.165) is 0 Å². The number of rotatable bonds is 10. The summed E-state index contributed by atoms with van der Waals surface area (Å²) >= 11 is 3.87. The molecule has 6 N–H and O–H groups in total. The number of hydrogen-bond acceptors (Lipinski definition) is 8. The topological polar surface area (TPSA) is 193 Å². The van der Waals surface area contributed by atoms with Crippen molar-refractivity contribution in [1.29, 1.82) is 0 Å². The highest BCUT2D eigenvalue weighted by atomic mass is 32.1. The lowest BCUT2D eigenvalue weighted by Gasteiger charge is -2.16. The van der Waals surface area contributed by atoms with Gasteiger partial charge in [-0.15, -0.1) is 0 Å². The largest absolute Gasteiger partial charge is 0.480 e. The van der Waals surface area contributed by atoms with Crippen LogP contribution in [0.1, 0.15) is 19.8 Å². The Balaban J connectivity index is 0. The number of hydrogen-bond donors (Lipinski definition) is 6. The maximum atomic E-state index is 11.5. The minimum absolute atomic E-state index is 0.0256. The Morgan fingerprint density at radius 2 is 1.72 bits per heavy atom. The number of ketones is 1. The summed E-state index contributed by atoms with van der Waals surface area (Å²) in [7, 11) is 0. The highest BCUT2D eigenvalue weighted by Gasteiger charge is 2.20. The molecule has 142 valence electrons.